The maximum absolute atomic E-state index is 13.0. The third-order valence-corrected chi connectivity index (χ3v) is 7.03. The van der Waals surface area contributed by atoms with Gasteiger partial charge in [0.2, 0.25) is 10.0 Å². The maximum Gasteiger partial charge on any atom is 0.337 e. The number of morpholine rings is 1. The minimum atomic E-state index is -3.80. The quantitative estimate of drug-likeness (QED) is 0.650. The van der Waals surface area contributed by atoms with Crippen LogP contribution in [0.15, 0.2) is 47.4 Å². The molecule has 0 aliphatic carbocycles. The van der Waals surface area contributed by atoms with Crippen molar-refractivity contribution in [3.8, 4) is 0 Å². The Bertz CT molecular complexity index is 1010. The lowest BCUT2D eigenvalue weighted by Gasteiger charge is -2.35. The van der Waals surface area contributed by atoms with E-state index in [1.54, 1.807) is 13.0 Å². The molecule has 1 fully saturated rings. The van der Waals surface area contributed by atoms with Crippen LogP contribution in [0.25, 0.3) is 0 Å². The molecular weight excluding hydrogens is 428 g/mol. The molecule has 2 aromatic rings. The van der Waals surface area contributed by atoms with Gasteiger partial charge in [-0.2, -0.15) is 0 Å². The predicted molar refractivity (Wildman–Crippen MR) is 114 cm³/mol. The highest BCUT2D eigenvalue weighted by molar-refractivity contribution is 7.89. The SMILES string of the molecule is COC(=O)c1ccc(S(=O)(=O)NCC(c2ccccc2Cl)N2CCOCC2)c(C)c1. The Balaban J connectivity index is 1.84. The molecule has 1 atom stereocenters. The van der Waals surface area contributed by atoms with Crippen LogP contribution in [-0.2, 0) is 19.5 Å². The van der Waals surface area contributed by atoms with Crippen molar-refractivity contribution in [3.05, 3.63) is 64.2 Å². The van der Waals surface area contributed by atoms with E-state index >= 15 is 0 Å². The van der Waals surface area contributed by atoms with Crippen LogP contribution in [0.5, 0.6) is 0 Å². The molecule has 0 spiro atoms. The monoisotopic (exact) mass is 452 g/mol. The predicted octanol–water partition coefficient (Wildman–Crippen LogP) is 2.79. The van der Waals surface area contributed by atoms with Gasteiger partial charge in [-0.1, -0.05) is 29.8 Å². The van der Waals surface area contributed by atoms with Crippen molar-refractivity contribution in [1.82, 2.24) is 9.62 Å². The van der Waals surface area contributed by atoms with Crippen LogP contribution < -0.4 is 4.72 Å². The van der Waals surface area contributed by atoms with Gasteiger partial charge in [-0.05, 0) is 42.3 Å². The smallest absolute Gasteiger partial charge is 0.337 e. The first-order chi connectivity index (χ1) is 14.3. The van der Waals surface area contributed by atoms with E-state index in [9.17, 15) is 13.2 Å². The van der Waals surface area contributed by atoms with Gasteiger partial charge in [0.15, 0.2) is 0 Å². The number of hydrogen-bond donors (Lipinski definition) is 1. The standard InChI is InChI=1S/C21H25ClN2O5S/c1-15-13-16(21(25)28-2)7-8-20(15)30(26,27)23-14-19(24-9-11-29-12-10-24)17-5-3-4-6-18(17)22/h3-8,13,19,23H,9-12,14H2,1-2H3. The first-order valence-corrected chi connectivity index (χ1v) is 11.4. The number of carbonyl (C=O) groups excluding carboxylic acids is 1. The molecule has 3 rings (SSSR count). The highest BCUT2D eigenvalue weighted by Gasteiger charge is 2.27. The summed E-state index contributed by atoms with van der Waals surface area (Å²) in [6.07, 6.45) is 0. The minimum absolute atomic E-state index is 0.120. The van der Waals surface area contributed by atoms with E-state index in [1.165, 1.54) is 25.3 Å². The average molecular weight is 453 g/mol. The fourth-order valence-corrected chi connectivity index (χ4v) is 5.06. The molecule has 1 aliphatic rings. The van der Waals surface area contributed by atoms with Crippen molar-refractivity contribution < 1.29 is 22.7 Å². The molecule has 2 aromatic carbocycles. The molecule has 1 unspecified atom stereocenters. The maximum atomic E-state index is 13.0. The van der Waals surface area contributed by atoms with Gasteiger partial charge >= 0.3 is 5.97 Å². The molecule has 0 bridgehead atoms. The van der Waals surface area contributed by atoms with Crippen LogP contribution in [0.3, 0.4) is 0 Å². The van der Waals surface area contributed by atoms with Gasteiger partial charge in [0, 0.05) is 30.7 Å². The van der Waals surface area contributed by atoms with Crippen molar-refractivity contribution in [3.63, 3.8) is 0 Å². The molecule has 7 nitrogen and oxygen atoms in total. The second-order valence-corrected chi connectivity index (χ2v) is 9.15. The van der Waals surface area contributed by atoms with E-state index in [4.69, 9.17) is 21.1 Å². The molecule has 0 saturated carbocycles. The van der Waals surface area contributed by atoms with Crippen LogP contribution in [-0.4, -0.2) is 59.2 Å². The van der Waals surface area contributed by atoms with Gasteiger partial charge in [-0.25, -0.2) is 17.9 Å². The summed E-state index contributed by atoms with van der Waals surface area (Å²) in [4.78, 5) is 14.0. The van der Waals surface area contributed by atoms with Gasteiger partial charge in [0.1, 0.15) is 0 Å². The summed E-state index contributed by atoms with van der Waals surface area (Å²) in [7, 11) is -2.52. The lowest BCUT2D eigenvalue weighted by atomic mass is 10.0. The fraction of sp³-hybridized carbons (Fsp3) is 0.381. The van der Waals surface area contributed by atoms with Crippen LogP contribution in [0, 0.1) is 6.92 Å². The van der Waals surface area contributed by atoms with Crippen molar-refractivity contribution in [1.29, 1.82) is 0 Å². The number of halogens is 1. The Labute approximate surface area is 182 Å². The molecule has 30 heavy (non-hydrogen) atoms. The summed E-state index contributed by atoms with van der Waals surface area (Å²) in [5, 5.41) is 0.590. The van der Waals surface area contributed by atoms with Crippen molar-refractivity contribution in [2.45, 2.75) is 17.9 Å². The minimum Gasteiger partial charge on any atom is -0.465 e. The largest absolute Gasteiger partial charge is 0.465 e. The summed E-state index contributed by atoms with van der Waals surface area (Å²) in [5.74, 6) is -0.513. The van der Waals surface area contributed by atoms with Gasteiger partial charge in [-0.3, -0.25) is 4.90 Å². The Morgan fingerprint density at radius 2 is 1.93 bits per heavy atom. The number of ether oxygens (including phenoxy) is 2. The van der Waals surface area contributed by atoms with Gasteiger partial charge in [0.25, 0.3) is 0 Å². The van der Waals surface area contributed by atoms with E-state index in [1.807, 2.05) is 18.2 Å². The number of nitrogens with one attached hydrogen (secondary N) is 1. The number of esters is 1. The zero-order valence-electron chi connectivity index (χ0n) is 16.9. The van der Waals surface area contributed by atoms with Gasteiger partial charge in [0.05, 0.1) is 30.8 Å². The molecule has 0 radical (unpaired) electrons. The molecule has 0 aromatic heterocycles. The average Bonchev–Trinajstić information content (AvgIpc) is 2.75. The Morgan fingerprint density at radius 1 is 1.23 bits per heavy atom. The van der Waals surface area contributed by atoms with E-state index in [-0.39, 0.29) is 17.5 Å². The Kier molecular flexibility index (Phi) is 7.49. The lowest BCUT2D eigenvalue weighted by molar-refractivity contribution is 0.0172. The molecule has 1 saturated heterocycles. The third kappa shape index (κ3) is 5.19. The number of rotatable bonds is 7. The summed E-state index contributed by atoms with van der Waals surface area (Å²) in [5.41, 5.74) is 1.63. The molecule has 9 heteroatoms. The molecule has 162 valence electrons. The van der Waals surface area contributed by atoms with Crippen LogP contribution in [0.2, 0.25) is 5.02 Å². The topological polar surface area (TPSA) is 84.9 Å². The summed E-state index contributed by atoms with van der Waals surface area (Å²) < 4.78 is 38.9. The normalized spacial score (nSPS) is 16.2. The van der Waals surface area contributed by atoms with E-state index < -0.39 is 16.0 Å². The molecular formula is C21H25ClN2O5S. The molecule has 1 heterocycles. The van der Waals surface area contributed by atoms with Crippen LogP contribution >= 0.6 is 11.6 Å². The molecule has 0 amide bonds. The highest BCUT2D eigenvalue weighted by Crippen LogP contribution is 2.28. The first-order valence-electron chi connectivity index (χ1n) is 9.58. The number of benzene rings is 2. The number of methoxy groups -OCH3 is 1. The number of sulfonamides is 1. The highest BCUT2D eigenvalue weighted by atomic mass is 35.5. The lowest BCUT2D eigenvalue weighted by Crippen LogP contribution is -2.44. The van der Waals surface area contributed by atoms with Gasteiger partial charge < -0.3 is 9.47 Å². The van der Waals surface area contributed by atoms with Gasteiger partial charge in [-0.15, -0.1) is 0 Å². The number of carbonyl (C=O) groups is 1. The Hall–Kier alpha value is -1.97. The Morgan fingerprint density at radius 3 is 2.57 bits per heavy atom. The zero-order valence-corrected chi connectivity index (χ0v) is 18.5. The van der Waals surface area contributed by atoms with Crippen LogP contribution in [0.4, 0.5) is 0 Å². The second kappa shape index (κ2) is 9.89. The number of aryl methyl sites for hydroxylation is 1. The zero-order chi connectivity index (χ0) is 21.7. The molecule has 1 aliphatic heterocycles. The number of nitrogens with zero attached hydrogens (tertiary/aromatic N) is 1. The van der Waals surface area contributed by atoms with E-state index in [2.05, 4.69) is 9.62 Å². The van der Waals surface area contributed by atoms with Crippen molar-refractivity contribution in [2.24, 2.45) is 0 Å². The van der Waals surface area contributed by atoms with Crippen molar-refractivity contribution in [2.75, 3.05) is 40.0 Å². The fourth-order valence-electron chi connectivity index (χ4n) is 3.53. The first kappa shape index (κ1) is 22.7. The molecule has 1 N–H and O–H groups in total. The second-order valence-electron chi connectivity index (χ2n) is 7.01. The van der Waals surface area contributed by atoms with Crippen molar-refractivity contribution >= 4 is 27.6 Å². The third-order valence-electron chi connectivity index (χ3n) is 5.10. The van der Waals surface area contributed by atoms with E-state index in [0.717, 1.165) is 5.56 Å². The summed E-state index contributed by atoms with van der Waals surface area (Å²) in [6.45, 7) is 4.34. The van der Waals surface area contributed by atoms with E-state index in [0.29, 0.717) is 42.5 Å². The number of hydrogen-bond acceptors (Lipinski definition) is 6. The van der Waals surface area contributed by atoms with Crippen LogP contribution in [0.1, 0.15) is 27.5 Å². The summed E-state index contributed by atoms with van der Waals surface area (Å²) >= 11 is 6.41. The summed E-state index contributed by atoms with van der Waals surface area (Å²) in [6, 6.07) is 11.6.